The van der Waals surface area contributed by atoms with Crippen LogP contribution in [0.1, 0.15) is 36.6 Å². The van der Waals surface area contributed by atoms with Gasteiger partial charge in [0.25, 0.3) is 0 Å². The van der Waals surface area contributed by atoms with Crippen LogP contribution in [0.4, 0.5) is 10.1 Å². The van der Waals surface area contributed by atoms with E-state index in [4.69, 9.17) is 11.6 Å². The topological polar surface area (TPSA) is 12.0 Å². The molecule has 0 saturated carbocycles. The van der Waals surface area contributed by atoms with Crippen LogP contribution >= 0.6 is 11.6 Å². The zero-order chi connectivity index (χ0) is 15.2. The van der Waals surface area contributed by atoms with E-state index in [0.717, 1.165) is 17.0 Å². The number of aryl methyl sites for hydroxylation is 1. The van der Waals surface area contributed by atoms with Crippen LogP contribution in [0.25, 0.3) is 0 Å². The first kappa shape index (κ1) is 14.4. The van der Waals surface area contributed by atoms with E-state index < -0.39 is 0 Å². The number of halogens is 2. The Bertz CT molecular complexity index is 694. The fourth-order valence-corrected chi connectivity index (χ4v) is 3.37. The summed E-state index contributed by atoms with van der Waals surface area (Å²) in [6.45, 7) is 6.37. The van der Waals surface area contributed by atoms with Gasteiger partial charge in [0.05, 0.1) is 11.7 Å². The molecule has 2 aromatic rings. The number of rotatable bonds is 2. The van der Waals surface area contributed by atoms with Crippen molar-refractivity contribution in [2.75, 3.05) is 5.32 Å². The van der Waals surface area contributed by atoms with Crippen LogP contribution < -0.4 is 5.32 Å². The van der Waals surface area contributed by atoms with Gasteiger partial charge in [-0.1, -0.05) is 37.6 Å². The summed E-state index contributed by atoms with van der Waals surface area (Å²) in [5.74, 6) is -0.216. The third kappa shape index (κ3) is 2.65. The Hall–Kier alpha value is -1.54. The monoisotopic (exact) mass is 303 g/mol. The summed E-state index contributed by atoms with van der Waals surface area (Å²) in [5, 5.41) is 4.11. The first-order valence-corrected chi connectivity index (χ1v) is 7.56. The lowest BCUT2D eigenvalue weighted by Crippen LogP contribution is -2.25. The molecule has 0 aliphatic heterocycles. The van der Waals surface area contributed by atoms with Crippen LogP contribution in [0.5, 0.6) is 0 Å². The average Bonchev–Trinajstić information content (AvgIpc) is 2.65. The molecular formula is C18H19ClFN. The van der Waals surface area contributed by atoms with Crippen LogP contribution in [0, 0.1) is 18.2 Å². The molecule has 0 aromatic heterocycles. The van der Waals surface area contributed by atoms with Crippen molar-refractivity contribution in [2.24, 2.45) is 5.41 Å². The fourth-order valence-electron chi connectivity index (χ4n) is 3.19. The minimum absolute atomic E-state index is 0.0171. The molecule has 1 atom stereocenters. The maximum Gasteiger partial charge on any atom is 0.146 e. The Morgan fingerprint density at radius 3 is 2.71 bits per heavy atom. The predicted molar refractivity (Wildman–Crippen MR) is 86.4 cm³/mol. The van der Waals surface area contributed by atoms with Crippen LogP contribution in [0.3, 0.4) is 0 Å². The average molecular weight is 304 g/mol. The highest BCUT2D eigenvalue weighted by molar-refractivity contribution is 6.30. The van der Waals surface area contributed by atoms with Gasteiger partial charge in [-0.25, -0.2) is 4.39 Å². The molecule has 0 bridgehead atoms. The molecule has 0 saturated heterocycles. The number of benzene rings is 2. The van der Waals surface area contributed by atoms with Crippen LogP contribution in [-0.4, -0.2) is 0 Å². The Labute approximate surface area is 130 Å². The summed E-state index contributed by atoms with van der Waals surface area (Å²) in [7, 11) is 0. The Morgan fingerprint density at radius 1 is 1.19 bits per heavy atom. The zero-order valence-electron chi connectivity index (χ0n) is 12.5. The normalized spacial score (nSPS) is 19.4. The maximum atomic E-state index is 14.0. The summed E-state index contributed by atoms with van der Waals surface area (Å²) in [6.07, 6.45) is 0.963. The van der Waals surface area contributed by atoms with E-state index in [-0.39, 0.29) is 17.3 Å². The molecular weight excluding hydrogens is 285 g/mol. The number of fused-ring (bicyclic) bond motifs is 1. The molecule has 3 rings (SSSR count). The predicted octanol–water partition coefficient (Wildman–Crippen LogP) is 5.52. The van der Waals surface area contributed by atoms with Gasteiger partial charge in [0.15, 0.2) is 0 Å². The number of hydrogen-bond acceptors (Lipinski definition) is 1. The standard InChI is InChI=1S/C18H19ClFN/c1-11-4-7-15(20)16(8-11)21-17-14-9-13(19)6-5-12(14)10-18(17,2)3/h4-9,17,21H,10H2,1-3H3. The fraction of sp³-hybridized carbons (Fsp3) is 0.333. The first-order valence-electron chi connectivity index (χ1n) is 7.18. The van der Waals surface area contributed by atoms with Gasteiger partial charge in [-0.2, -0.15) is 0 Å². The molecule has 2 aromatic carbocycles. The second-order valence-corrected chi connectivity index (χ2v) is 7.01. The van der Waals surface area contributed by atoms with Gasteiger partial charge in [-0.05, 0) is 59.7 Å². The molecule has 110 valence electrons. The Kier molecular flexibility index (Phi) is 3.45. The molecule has 0 amide bonds. The number of anilines is 1. The van der Waals surface area contributed by atoms with Crippen LogP contribution in [-0.2, 0) is 6.42 Å². The van der Waals surface area contributed by atoms with E-state index in [1.807, 2.05) is 25.1 Å². The summed E-state index contributed by atoms with van der Waals surface area (Å²) in [6, 6.07) is 11.2. The number of nitrogens with one attached hydrogen (secondary N) is 1. The minimum atomic E-state index is -0.216. The van der Waals surface area contributed by atoms with E-state index in [1.54, 1.807) is 6.07 Å². The Morgan fingerprint density at radius 2 is 1.95 bits per heavy atom. The van der Waals surface area contributed by atoms with Crippen molar-refractivity contribution in [2.45, 2.75) is 33.2 Å². The molecule has 0 radical (unpaired) electrons. The van der Waals surface area contributed by atoms with Gasteiger partial charge in [0, 0.05) is 5.02 Å². The SMILES string of the molecule is Cc1ccc(F)c(NC2c3cc(Cl)ccc3CC2(C)C)c1. The summed E-state index contributed by atoms with van der Waals surface area (Å²) >= 11 is 6.14. The Balaban J connectivity index is 2.01. The van der Waals surface area contributed by atoms with Gasteiger partial charge in [-0.3, -0.25) is 0 Å². The second kappa shape index (κ2) is 5.03. The highest BCUT2D eigenvalue weighted by Crippen LogP contribution is 2.47. The molecule has 1 aliphatic carbocycles. The molecule has 0 spiro atoms. The molecule has 0 fully saturated rings. The lowest BCUT2D eigenvalue weighted by Gasteiger charge is -2.29. The molecule has 3 heteroatoms. The van der Waals surface area contributed by atoms with E-state index in [2.05, 4.69) is 25.2 Å². The highest BCUT2D eigenvalue weighted by Gasteiger charge is 2.39. The van der Waals surface area contributed by atoms with Crippen molar-refractivity contribution in [3.05, 3.63) is 63.9 Å². The van der Waals surface area contributed by atoms with Crippen molar-refractivity contribution in [3.8, 4) is 0 Å². The summed E-state index contributed by atoms with van der Waals surface area (Å²) in [4.78, 5) is 0. The van der Waals surface area contributed by atoms with Crippen LogP contribution in [0.15, 0.2) is 36.4 Å². The van der Waals surface area contributed by atoms with Crippen molar-refractivity contribution in [3.63, 3.8) is 0 Å². The largest absolute Gasteiger partial charge is 0.375 e. The van der Waals surface area contributed by atoms with Gasteiger partial charge in [0.2, 0.25) is 0 Å². The van der Waals surface area contributed by atoms with E-state index >= 15 is 0 Å². The smallest absolute Gasteiger partial charge is 0.146 e. The molecule has 1 unspecified atom stereocenters. The van der Waals surface area contributed by atoms with Gasteiger partial charge in [-0.15, -0.1) is 0 Å². The van der Waals surface area contributed by atoms with Crippen molar-refractivity contribution in [1.29, 1.82) is 0 Å². The second-order valence-electron chi connectivity index (χ2n) is 6.57. The zero-order valence-corrected chi connectivity index (χ0v) is 13.3. The van der Waals surface area contributed by atoms with E-state index in [1.165, 1.54) is 17.2 Å². The van der Waals surface area contributed by atoms with Crippen molar-refractivity contribution in [1.82, 2.24) is 0 Å². The third-order valence-electron chi connectivity index (χ3n) is 4.27. The lowest BCUT2D eigenvalue weighted by molar-refractivity contribution is 0.336. The van der Waals surface area contributed by atoms with Gasteiger partial charge < -0.3 is 5.32 Å². The van der Waals surface area contributed by atoms with Gasteiger partial charge in [0.1, 0.15) is 5.82 Å². The summed E-state index contributed by atoms with van der Waals surface area (Å²) < 4.78 is 14.0. The molecule has 1 aliphatic rings. The molecule has 1 N–H and O–H groups in total. The summed E-state index contributed by atoms with van der Waals surface area (Å²) in [5.41, 5.74) is 4.08. The van der Waals surface area contributed by atoms with Crippen molar-refractivity contribution >= 4 is 17.3 Å². The highest BCUT2D eigenvalue weighted by atomic mass is 35.5. The third-order valence-corrected chi connectivity index (χ3v) is 4.50. The molecule has 0 heterocycles. The van der Waals surface area contributed by atoms with Crippen molar-refractivity contribution < 1.29 is 4.39 Å². The van der Waals surface area contributed by atoms with E-state index in [9.17, 15) is 4.39 Å². The van der Waals surface area contributed by atoms with Gasteiger partial charge >= 0.3 is 0 Å². The maximum absolute atomic E-state index is 14.0. The minimum Gasteiger partial charge on any atom is -0.375 e. The lowest BCUT2D eigenvalue weighted by atomic mass is 9.85. The molecule has 1 nitrogen and oxygen atoms in total. The van der Waals surface area contributed by atoms with E-state index in [0.29, 0.717) is 5.69 Å². The van der Waals surface area contributed by atoms with Crippen LogP contribution in [0.2, 0.25) is 5.02 Å². The number of hydrogen-bond donors (Lipinski definition) is 1. The first-order chi connectivity index (χ1) is 9.87. The molecule has 21 heavy (non-hydrogen) atoms. The quantitative estimate of drug-likeness (QED) is 0.770.